The fourth-order valence-electron chi connectivity index (χ4n) is 1.92. The molecule has 0 aromatic carbocycles. The normalized spacial score (nSPS) is 23.1. The fourth-order valence-corrected chi connectivity index (χ4v) is 1.92. The van der Waals surface area contributed by atoms with Crippen molar-refractivity contribution in [3.05, 3.63) is 24.2 Å². The predicted octanol–water partition coefficient (Wildman–Crippen LogP) is -0.00730. The third kappa shape index (κ3) is 2.89. The molecule has 0 radical (unpaired) electrons. The molecule has 1 aliphatic rings. The van der Waals surface area contributed by atoms with E-state index in [1.54, 1.807) is 17.9 Å². The Kier molecular flexibility index (Phi) is 3.38. The molecule has 0 bridgehead atoms. The standard InChI is InChI=1S/C12H16N2O4/c1-12(17)4-5-14(8-12)10(15)7-13-11(16)9-3-2-6-18-9/h2-3,6,17H,4-5,7-8H2,1H3,(H,13,16). The van der Waals surface area contributed by atoms with Gasteiger partial charge < -0.3 is 19.7 Å². The van der Waals surface area contributed by atoms with Gasteiger partial charge in [0.05, 0.1) is 18.4 Å². The van der Waals surface area contributed by atoms with Gasteiger partial charge in [-0.1, -0.05) is 0 Å². The predicted molar refractivity (Wildman–Crippen MR) is 62.9 cm³/mol. The van der Waals surface area contributed by atoms with Gasteiger partial charge in [0, 0.05) is 13.1 Å². The highest BCUT2D eigenvalue weighted by Gasteiger charge is 2.33. The minimum absolute atomic E-state index is 0.0877. The number of aliphatic hydroxyl groups is 1. The molecule has 1 saturated heterocycles. The van der Waals surface area contributed by atoms with Crippen LogP contribution in [0.4, 0.5) is 0 Å². The van der Waals surface area contributed by atoms with Crippen LogP contribution in [-0.4, -0.2) is 47.1 Å². The Labute approximate surface area is 105 Å². The Bertz CT molecular complexity index is 439. The molecule has 1 aromatic heterocycles. The highest BCUT2D eigenvalue weighted by molar-refractivity contribution is 5.94. The first kappa shape index (κ1) is 12.6. The number of amides is 2. The van der Waals surface area contributed by atoms with E-state index in [0.717, 1.165) is 0 Å². The molecule has 18 heavy (non-hydrogen) atoms. The number of furan rings is 1. The van der Waals surface area contributed by atoms with E-state index >= 15 is 0 Å². The maximum Gasteiger partial charge on any atom is 0.287 e. The summed E-state index contributed by atoms with van der Waals surface area (Å²) in [5.41, 5.74) is -0.819. The highest BCUT2D eigenvalue weighted by atomic mass is 16.3. The van der Waals surface area contributed by atoms with Gasteiger partial charge in [-0.05, 0) is 25.5 Å². The summed E-state index contributed by atoms with van der Waals surface area (Å²) in [5, 5.41) is 12.2. The molecule has 2 N–H and O–H groups in total. The Morgan fingerprint density at radius 3 is 2.94 bits per heavy atom. The third-order valence-corrected chi connectivity index (χ3v) is 2.95. The van der Waals surface area contributed by atoms with Crippen molar-refractivity contribution in [3.63, 3.8) is 0 Å². The number of carbonyl (C=O) groups is 2. The zero-order valence-electron chi connectivity index (χ0n) is 10.2. The molecule has 1 fully saturated rings. The largest absolute Gasteiger partial charge is 0.459 e. The molecule has 98 valence electrons. The molecular formula is C12H16N2O4. The van der Waals surface area contributed by atoms with Crippen molar-refractivity contribution in [2.24, 2.45) is 0 Å². The molecule has 6 nitrogen and oxygen atoms in total. The monoisotopic (exact) mass is 252 g/mol. The summed E-state index contributed by atoms with van der Waals surface area (Å²) < 4.78 is 4.91. The molecule has 0 spiro atoms. The van der Waals surface area contributed by atoms with Crippen molar-refractivity contribution in [2.45, 2.75) is 18.9 Å². The van der Waals surface area contributed by atoms with Crippen molar-refractivity contribution in [2.75, 3.05) is 19.6 Å². The zero-order valence-corrected chi connectivity index (χ0v) is 10.2. The van der Waals surface area contributed by atoms with E-state index in [2.05, 4.69) is 5.32 Å². The lowest BCUT2D eigenvalue weighted by Gasteiger charge is -2.19. The average Bonchev–Trinajstić information content (AvgIpc) is 2.94. The summed E-state index contributed by atoms with van der Waals surface area (Å²) in [6, 6.07) is 3.13. The molecule has 1 aliphatic heterocycles. The Hall–Kier alpha value is -1.82. The minimum Gasteiger partial charge on any atom is -0.459 e. The lowest BCUT2D eigenvalue weighted by atomic mass is 10.1. The van der Waals surface area contributed by atoms with E-state index < -0.39 is 11.5 Å². The number of hydrogen-bond donors (Lipinski definition) is 2. The molecule has 1 aromatic rings. The molecule has 0 saturated carbocycles. The number of β-amino-alcohol motifs (C(OH)–C–C–N with tert-alkyl or cyclic N) is 1. The summed E-state index contributed by atoms with van der Waals surface area (Å²) in [6.07, 6.45) is 1.96. The topological polar surface area (TPSA) is 82.8 Å². The van der Waals surface area contributed by atoms with Gasteiger partial charge in [0.2, 0.25) is 5.91 Å². The second-order valence-electron chi connectivity index (χ2n) is 4.72. The first-order valence-corrected chi connectivity index (χ1v) is 5.80. The lowest BCUT2D eigenvalue weighted by molar-refractivity contribution is -0.129. The quantitative estimate of drug-likeness (QED) is 0.792. The number of nitrogens with one attached hydrogen (secondary N) is 1. The first-order chi connectivity index (χ1) is 8.48. The summed E-state index contributed by atoms with van der Waals surface area (Å²) in [4.78, 5) is 24.8. The highest BCUT2D eigenvalue weighted by Crippen LogP contribution is 2.19. The van der Waals surface area contributed by atoms with Gasteiger partial charge >= 0.3 is 0 Å². The summed E-state index contributed by atoms with van der Waals surface area (Å²) >= 11 is 0. The fraction of sp³-hybridized carbons (Fsp3) is 0.500. The van der Waals surface area contributed by atoms with Gasteiger partial charge in [-0.15, -0.1) is 0 Å². The smallest absolute Gasteiger partial charge is 0.287 e. The number of likely N-dealkylation sites (tertiary alicyclic amines) is 1. The van der Waals surface area contributed by atoms with Gasteiger partial charge in [0.25, 0.3) is 5.91 Å². The van der Waals surface area contributed by atoms with Crippen LogP contribution in [0, 0.1) is 0 Å². The molecule has 1 unspecified atom stereocenters. The van der Waals surface area contributed by atoms with Crippen LogP contribution in [0.5, 0.6) is 0 Å². The van der Waals surface area contributed by atoms with Crippen molar-refractivity contribution < 1.29 is 19.1 Å². The second kappa shape index (κ2) is 4.81. The summed E-state index contributed by atoms with van der Waals surface area (Å²) in [6.45, 7) is 2.43. The third-order valence-electron chi connectivity index (χ3n) is 2.95. The van der Waals surface area contributed by atoms with E-state index in [1.807, 2.05) is 0 Å². The van der Waals surface area contributed by atoms with Gasteiger partial charge in [-0.3, -0.25) is 9.59 Å². The molecule has 0 aliphatic carbocycles. The number of carbonyl (C=O) groups excluding carboxylic acids is 2. The van der Waals surface area contributed by atoms with Crippen LogP contribution in [0.25, 0.3) is 0 Å². The van der Waals surface area contributed by atoms with Gasteiger partial charge in [-0.25, -0.2) is 0 Å². The van der Waals surface area contributed by atoms with Crippen LogP contribution < -0.4 is 5.32 Å². The zero-order chi connectivity index (χ0) is 13.2. The van der Waals surface area contributed by atoms with Crippen molar-refractivity contribution in [1.29, 1.82) is 0 Å². The van der Waals surface area contributed by atoms with Crippen molar-refractivity contribution in [1.82, 2.24) is 10.2 Å². The van der Waals surface area contributed by atoms with Gasteiger partial charge in [0.1, 0.15) is 0 Å². The first-order valence-electron chi connectivity index (χ1n) is 5.80. The van der Waals surface area contributed by atoms with Crippen LogP contribution in [0.3, 0.4) is 0 Å². The maximum atomic E-state index is 11.8. The second-order valence-corrected chi connectivity index (χ2v) is 4.72. The molecule has 2 rings (SSSR count). The van der Waals surface area contributed by atoms with Gasteiger partial charge in [0.15, 0.2) is 5.76 Å². The van der Waals surface area contributed by atoms with Crippen LogP contribution in [0.15, 0.2) is 22.8 Å². The minimum atomic E-state index is -0.819. The van der Waals surface area contributed by atoms with E-state index in [-0.39, 0.29) is 18.2 Å². The lowest BCUT2D eigenvalue weighted by Crippen LogP contribution is -2.40. The van der Waals surface area contributed by atoms with E-state index in [0.29, 0.717) is 19.5 Å². The van der Waals surface area contributed by atoms with Crippen LogP contribution in [-0.2, 0) is 4.79 Å². The van der Waals surface area contributed by atoms with Crippen LogP contribution in [0.2, 0.25) is 0 Å². The number of hydrogen-bond acceptors (Lipinski definition) is 4. The summed E-state index contributed by atoms with van der Waals surface area (Å²) in [5.74, 6) is -0.441. The van der Waals surface area contributed by atoms with Crippen LogP contribution >= 0.6 is 0 Å². The SMILES string of the molecule is CC1(O)CCN(C(=O)CNC(=O)c2ccco2)C1. The van der Waals surface area contributed by atoms with Crippen LogP contribution in [0.1, 0.15) is 23.9 Å². The number of rotatable bonds is 3. The van der Waals surface area contributed by atoms with Crippen molar-refractivity contribution in [3.8, 4) is 0 Å². The molecule has 2 heterocycles. The van der Waals surface area contributed by atoms with E-state index in [1.165, 1.54) is 12.3 Å². The molecule has 6 heteroatoms. The Morgan fingerprint density at radius 1 is 1.61 bits per heavy atom. The Morgan fingerprint density at radius 2 is 2.39 bits per heavy atom. The Balaban J connectivity index is 1.81. The molecule has 2 amide bonds. The molecular weight excluding hydrogens is 236 g/mol. The summed E-state index contributed by atoms with van der Waals surface area (Å²) in [7, 11) is 0. The molecule has 1 atom stereocenters. The van der Waals surface area contributed by atoms with Crippen molar-refractivity contribution >= 4 is 11.8 Å². The number of nitrogens with zero attached hydrogens (tertiary/aromatic N) is 1. The average molecular weight is 252 g/mol. The van der Waals surface area contributed by atoms with E-state index in [9.17, 15) is 14.7 Å². The maximum absolute atomic E-state index is 11.8. The van der Waals surface area contributed by atoms with E-state index in [4.69, 9.17) is 4.42 Å². The van der Waals surface area contributed by atoms with Gasteiger partial charge in [-0.2, -0.15) is 0 Å².